The number of sulfonamides is 1. The molecule has 20 heavy (non-hydrogen) atoms. The second-order valence-corrected chi connectivity index (χ2v) is 6.58. The molecule has 2 rings (SSSR count). The van der Waals surface area contributed by atoms with Crippen LogP contribution in [0, 0.1) is 6.92 Å². The summed E-state index contributed by atoms with van der Waals surface area (Å²) < 4.78 is 25.7. The Bertz CT molecular complexity index is 698. The summed E-state index contributed by atoms with van der Waals surface area (Å²) in [6.07, 6.45) is 0. The van der Waals surface area contributed by atoms with E-state index in [0.29, 0.717) is 5.57 Å². The van der Waals surface area contributed by atoms with Crippen LogP contribution in [0.15, 0.2) is 29.2 Å². The third kappa shape index (κ3) is 2.57. The number of nitrogens with zero attached hydrogens (tertiary/aromatic N) is 1. The number of benzene rings is 1. The van der Waals surface area contributed by atoms with E-state index in [0.717, 1.165) is 10.5 Å². The third-order valence-electron chi connectivity index (χ3n) is 2.85. The fourth-order valence-corrected chi connectivity index (χ4v) is 3.56. The number of carbonyl (C=O) groups is 1. The van der Waals surface area contributed by atoms with Crippen molar-refractivity contribution < 1.29 is 23.2 Å². The minimum absolute atomic E-state index is 0.0384. The van der Waals surface area contributed by atoms with Gasteiger partial charge in [-0.05, 0) is 30.2 Å². The van der Waals surface area contributed by atoms with Gasteiger partial charge in [0.05, 0.1) is 23.6 Å². The van der Waals surface area contributed by atoms with Crippen molar-refractivity contribution in [1.29, 1.82) is 0 Å². The van der Waals surface area contributed by atoms with Crippen LogP contribution in [0.25, 0.3) is 0 Å². The first kappa shape index (κ1) is 15.0. The summed E-state index contributed by atoms with van der Waals surface area (Å²) in [7, 11) is -3.98. The predicted octanol–water partition coefficient (Wildman–Crippen LogP) is 1.84. The predicted molar refractivity (Wildman–Crippen MR) is 72.1 cm³/mol. The van der Waals surface area contributed by atoms with Gasteiger partial charge >= 0.3 is 5.97 Å². The zero-order chi connectivity index (χ0) is 15.1. The average molecular weight is 318 g/mol. The van der Waals surface area contributed by atoms with E-state index in [1.807, 2.05) is 0 Å². The van der Waals surface area contributed by atoms with Crippen molar-refractivity contribution in [2.24, 2.45) is 0 Å². The molecule has 0 aliphatic carbocycles. The summed E-state index contributed by atoms with van der Waals surface area (Å²) in [6, 6.07) is 2.28. The van der Waals surface area contributed by atoms with E-state index in [1.54, 1.807) is 0 Å². The van der Waals surface area contributed by atoms with Gasteiger partial charge in [0.1, 0.15) is 0 Å². The fraction of sp³-hybridized carbons (Fsp3) is 0.250. The molecule has 1 saturated heterocycles. The molecule has 1 aliphatic rings. The minimum Gasteiger partial charge on any atom is -0.478 e. The second-order valence-electron chi connectivity index (χ2n) is 4.38. The highest BCUT2D eigenvalue weighted by Crippen LogP contribution is 2.29. The van der Waals surface area contributed by atoms with Crippen LogP contribution < -0.4 is 0 Å². The number of aromatic carboxylic acids is 1. The molecule has 6 nitrogen and oxygen atoms in total. The Balaban J connectivity index is 2.56. The van der Waals surface area contributed by atoms with Gasteiger partial charge in [-0.15, -0.1) is 0 Å². The Morgan fingerprint density at radius 3 is 2.65 bits per heavy atom. The Morgan fingerprint density at radius 1 is 1.50 bits per heavy atom. The van der Waals surface area contributed by atoms with Crippen molar-refractivity contribution in [1.82, 2.24) is 4.47 Å². The third-order valence-corrected chi connectivity index (χ3v) is 5.00. The van der Waals surface area contributed by atoms with E-state index in [1.165, 1.54) is 13.0 Å². The quantitative estimate of drug-likeness (QED) is 0.860. The normalized spacial score (nSPS) is 16.6. The van der Waals surface area contributed by atoms with Gasteiger partial charge in [-0.2, -0.15) is 0 Å². The van der Waals surface area contributed by atoms with Gasteiger partial charge in [-0.3, -0.25) is 4.84 Å². The van der Waals surface area contributed by atoms with Crippen molar-refractivity contribution in [2.75, 3.05) is 13.2 Å². The summed E-state index contributed by atoms with van der Waals surface area (Å²) in [4.78, 5) is 15.9. The van der Waals surface area contributed by atoms with Crippen LogP contribution in [0.3, 0.4) is 0 Å². The zero-order valence-corrected chi connectivity index (χ0v) is 12.2. The lowest BCUT2D eigenvalue weighted by Crippen LogP contribution is -2.28. The Hall–Kier alpha value is -1.41. The van der Waals surface area contributed by atoms with E-state index in [4.69, 9.17) is 21.5 Å². The maximum absolute atomic E-state index is 12.4. The lowest BCUT2D eigenvalue weighted by atomic mass is 10.1. The molecule has 0 bridgehead atoms. The second kappa shape index (κ2) is 5.17. The monoisotopic (exact) mass is 317 g/mol. The number of hydrogen-bond acceptors (Lipinski definition) is 4. The maximum Gasteiger partial charge on any atom is 0.335 e. The Labute approximate surface area is 121 Å². The minimum atomic E-state index is -3.98. The molecule has 1 heterocycles. The largest absolute Gasteiger partial charge is 0.478 e. The highest BCUT2D eigenvalue weighted by molar-refractivity contribution is 7.89. The van der Waals surface area contributed by atoms with Crippen LogP contribution in [-0.2, 0) is 14.9 Å². The van der Waals surface area contributed by atoms with E-state index in [2.05, 4.69) is 6.58 Å². The summed E-state index contributed by atoms with van der Waals surface area (Å²) in [5, 5.41) is 9.06. The first-order valence-electron chi connectivity index (χ1n) is 5.59. The molecule has 0 aromatic heterocycles. The summed E-state index contributed by atoms with van der Waals surface area (Å²) >= 11 is 5.90. The molecule has 1 aromatic rings. The van der Waals surface area contributed by atoms with Crippen molar-refractivity contribution in [3.8, 4) is 0 Å². The van der Waals surface area contributed by atoms with Crippen LogP contribution in [0.4, 0.5) is 0 Å². The van der Waals surface area contributed by atoms with Crippen molar-refractivity contribution in [3.05, 3.63) is 40.4 Å². The molecular weight excluding hydrogens is 306 g/mol. The lowest BCUT2D eigenvalue weighted by molar-refractivity contribution is -0.0276. The van der Waals surface area contributed by atoms with Gasteiger partial charge in [-0.25, -0.2) is 13.2 Å². The van der Waals surface area contributed by atoms with Gasteiger partial charge in [0.2, 0.25) is 0 Å². The topological polar surface area (TPSA) is 83.9 Å². The molecule has 0 radical (unpaired) electrons. The number of carboxylic acid groups (broad SMARTS) is 1. The van der Waals surface area contributed by atoms with E-state index < -0.39 is 16.0 Å². The molecule has 0 spiro atoms. The molecule has 108 valence electrons. The molecule has 8 heteroatoms. The number of hydrogen-bond donors (Lipinski definition) is 1. The van der Waals surface area contributed by atoms with E-state index in [-0.39, 0.29) is 34.2 Å². The van der Waals surface area contributed by atoms with Gasteiger partial charge < -0.3 is 5.11 Å². The number of carboxylic acids is 1. The molecule has 1 aliphatic heterocycles. The fourth-order valence-electron chi connectivity index (χ4n) is 1.75. The highest BCUT2D eigenvalue weighted by Gasteiger charge is 2.32. The van der Waals surface area contributed by atoms with Crippen LogP contribution in [-0.4, -0.2) is 37.1 Å². The lowest BCUT2D eigenvalue weighted by Gasteiger charge is -2.16. The molecule has 0 unspecified atom stereocenters. The molecule has 0 amide bonds. The first-order valence-corrected chi connectivity index (χ1v) is 7.41. The van der Waals surface area contributed by atoms with Crippen LogP contribution >= 0.6 is 11.6 Å². The summed E-state index contributed by atoms with van der Waals surface area (Å²) in [5.41, 5.74) is 0.696. The number of rotatable bonds is 3. The zero-order valence-electron chi connectivity index (χ0n) is 10.6. The van der Waals surface area contributed by atoms with E-state index >= 15 is 0 Å². The smallest absolute Gasteiger partial charge is 0.335 e. The molecule has 1 fully saturated rings. The molecule has 0 saturated carbocycles. The molecule has 1 N–H and O–H groups in total. The van der Waals surface area contributed by atoms with Gasteiger partial charge in [0, 0.05) is 5.02 Å². The SMILES string of the molecule is C=C1CON(S(=O)(=O)c2cc(C(=O)O)cc(Cl)c2C)C1. The Morgan fingerprint density at radius 2 is 2.15 bits per heavy atom. The van der Waals surface area contributed by atoms with E-state index in [9.17, 15) is 13.2 Å². The van der Waals surface area contributed by atoms with Crippen molar-refractivity contribution >= 4 is 27.6 Å². The Kier molecular flexibility index (Phi) is 3.88. The maximum atomic E-state index is 12.4. The van der Waals surface area contributed by atoms with Gasteiger partial charge in [-0.1, -0.05) is 22.6 Å². The van der Waals surface area contributed by atoms with Crippen molar-refractivity contribution in [3.63, 3.8) is 0 Å². The summed E-state index contributed by atoms with van der Waals surface area (Å²) in [5.74, 6) is -1.25. The van der Waals surface area contributed by atoms with Gasteiger partial charge in [0.15, 0.2) is 0 Å². The first-order chi connectivity index (χ1) is 9.23. The summed E-state index contributed by atoms with van der Waals surface area (Å²) in [6.45, 7) is 5.31. The number of hydroxylamine groups is 1. The highest BCUT2D eigenvalue weighted by atomic mass is 35.5. The van der Waals surface area contributed by atoms with Crippen LogP contribution in [0.1, 0.15) is 15.9 Å². The van der Waals surface area contributed by atoms with Gasteiger partial charge in [0.25, 0.3) is 10.0 Å². The van der Waals surface area contributed by atoms with Crippen LogP contribution in [0.2, 0.25) is 5.02 Å². The van der Waals surface area contributed by atoms with Crippen LogP contribution in [0.5, 0.6) is 0 Å². The standard InChI is InChI=1S/C12H12ClNO5S/c1-7-5-14(19-6-7)20(17,18)11-4-9(12(15)16)3-10(13)8(11)2/h3-4H,1,5-6H2,2H3,(H,15,16). The van der Waals surface area contributed by atoms with Crippen molar-refractivity contribution in [2.45, 2.75) is 11.8 Å². The molecule has 1 aromatic carbocycles. The molecular formula is C12H12ClNO5S. The number of halogens is 1. The average Bonchev–Trinajstić information content (AvgIpc) is 2.79. The molecule has 0 atom stereocenters.